The van der Waals surface area contributed by atoms with Crippen LogP contribution in [0.5, 0.6) is 0 Å². The van der Waals surface area contributed by atoms with Crippen LogP contribution < -0.4 is 5.32 Å². The Morgan fingerprint density at radius 1 is 1.13 bits per heavy atom. The number of nitrogens with zero attached hydrogens (tertiary/aromatic N) is 4. The Labute approximate surface area is 129 Å². The summed E-state index contributed by atoms with van der Waals surface area (Å²) in [6.45, 7) is 0. The summed E-state index contributed by atoms with van der Waals surface area (Å²) in [4.78, 5) is 22.4. The molecule has 23 heavy (non-hydrogen) atoms. The maximum absolute atomic E-state index is 12.3. The van der Waals surface area contributed by atoms with E-state index in [0.29, 0.717) is 22.6 Å². The average molecular weight is 310 g/mol. The Balaban J connectivity index is 1.85. The van der Waals surface area contributed by atoms with Gasteiger partial charge in [0.25, 0.3) is 11.6 Å². The number of carbonyl (C=O) groups excluding carboxylic acids is 1. The molecule has 9 heteroatoms. The normalized spacial score (nSPS) is 10.3. The van der Waals surface area contributed by atoms with E-state index >= 15 is 0 Å². The summed E-state index contributed by atoms with van der Waals surface area (Å²) in [5, 5.41) is 26.8. The average Bonchev–Trinajstić information content (AvgIpc) is 3.09. The molecular weight excluding hydrogens is 300 g/mol. The first kappa shape index (κ1) is 14.3. The maximum Gasteiger partial charge on any atom is 0.269 e. The first-order chi connectivity index (χ1) is 11.1. The van der Waals surface area contributed by atoms with Crippen LogP contribution in [0.3, 0.4) is 0 Å². The molecule has 0 aliphatic rings. The number of amides is 1. The number of rotatable bonds is 4. The van der Waals surface area contributed by atoms with Crippen LogP contribution in [0.15, 0.2) is 48.5 Å². The summed E-state index contributed by atoms with van der Waals surface area (Å²) in [5.41, 5.74) is 1.39. The lowest BCUT2D eigenvalue weighted by Gasteiger charge is -2.08. The number of nitro benzene ring substituents is 1. The van der Waals surface area contributed by atoms with Crippen molar-refractivity contribution in [2.75, 3.05) is 5.32 Å². The lowest BCUT2D eigenvalue weighted by Crippen LogP contribution is -2.12. The number of aromatic amines is 1. The molecule has 0 radical (unpaired) electrons. The van der Waals surface area contributed by atoms with Gasteiger partial charge < -0.3 is 5.32 Å². The number of nitro groups is 1. The summed E-state index contributed by atoms with van der Waals surface area (Å²) in [5.74, 6) is 0.0319. The molecular formula is C14H10N6O3. The molecule has 1 amide bonds. The molecule has 0 bridgehead atoms. The van der Waals surface area contributed by atoms with Gasteiger partial charge in [-0.25, -0.2) is 5.10 Å². The van der Waals surface area contributed by atoms with Crippen molar-refractivity contribution in [3.05, 3.63) is 64.2 Å². The number of nitrogens with one attached hydrogen (secondary N) is 2. The first-order valence-electron chi connectivity index (χ1n) is 6.54. The topological polar surface area (TPSA) is 127 Å². The Morgan fingerprint density at radius 2 is 1.87 bits per heavy atom. The smallest absolute Gasteiger partial charge is 0.269 e. The van der Waals surface area contributed by atoms with Gasteiger partial charge in [0.15, 0.2) is 5.82 Å². The highest BCUT2D eigenvalue weighted by molar-refractivity contribution is 6.06. The van der Waals surface area contributed by atoms with E-state index in [1.807, 2.05) is 0 Å². The minimum absolute atomic E-state index is 0.0744. The lowest BCUT2D eigenvalue weighted by atomic mass is 10.1. The molecule has 0 aliphatic heterocycles. The Kier molecular flexibility index (Phi) is 3.75. The second kappa shape index (κ2) is 6.02. The first-order valence-corrected chi connectivity index (χ1v) is 6.54. The van der Waals surface area contributed by atoms with Crippen LogP contribution in [0.2, 0.25) is 0 Å². The molecule has 3 aromatic rings. The third-order valence-electron chi connectivity index (χ3n) is 3.12. The third kappa shape index (κ3) is 3.02. The Hall–Kier alpha value is -3.62. The zero-order valence-electron chi connectivity index (χ0n) is 11.6. The van der Waals surface area contributed by atoms with Crippen molar-refractivity contribution >= 4 is 17.3 Å². The van der Waals surface area contributed by atoms with Crippen molar-refractivity contribution < 1.29 is 9.72 Å². The highest BCUT2D eigenvalue weighted by Crippen LogP contribution is 2.24. The van der Waals surface area contributed by atoms with Crippen LogP contribution in [0.4, 0.5) is 11.4 Å². The number of non-ortho nitro benzene ring substituents is 1. The predicted molar refractivity (Wildman–Crippen MR) is 80.7 cm³/mol. The molecule has 0 fully saturated rings. The largest absolute Gasteiger partial charge is 0.321 e. The van der Waals surface area contributed by atoms with Crippen molar-refractivity contribution in [2.45, 2.75) is 0 Å². The van der Waals surface area contributed by atoms with Crippen molar-refractivity contribution in [1.29, 1.82) is 0 Å². The van der Waals surface area contributed by atoms with Crippen LogP contribution in [0.1, 0.15) is 10.4 Å². The summed E-state index contributed by atoms with van der Waals surface area (Å²) in [6, 6.07) is 12.4. The van der Waals surface area contributed by atoms with Crippen LogP contribution in [-0.4, -0.2) is 31.5 Å². The number of aromatic nitrogens is 4. The monoisotopic (exact) mass is 310 g/mol. The molecule has 0 aliphatic carbocycles. The molecule has 1 aromatic heterocycles. The quantitative estimate of drug-likeness (QED) is 0.560. The molecule has 0 spiro atoms. The molecule has 2 aromatic carbocycles. The van der Waals surface area contributed by atoms with Crippen LogP contribution in [0.25, 0.3) is 11.4 Å². The van der Waals surface area contributed by atoms with Gasteiger partial charge in [-0.05, 0) is 34.7 Å². The minimum Gasteiger partial charge on any atom is -0.321 e. The number of carbonyl (C=O) groups is 1. The molecule has 2 N–H and O–H groups in total. The van der Waals surface area contributed by atoms with Gasteiger partial charge in [-0.1, -0.05) is 12.1 Å². The molecule has 3 rings (SSSR count). The predicted octanol–water partition coefficient (Wildman–Crippen LogP) is 2.03. The van der Waals surface area contributed by atoms with E-state index < -0.39 is 4.92 Å². The SMILES string of the molecule is O=C(Nc1ccccc1-c1nnn[nH]1)c1ccc([N+](=O)[O-])cc1. The summed E-state index contributed by atoms with van der Waals surface area (Å²) >= 11 is 0. The maximum atomic E-state index is 12.3. The van der Waals surface area contributed by atoms with E-state index in [1.54, 1.807) is 24.3 Å². The van der Waals surface area contributed by atoms with Crippen molar-refractivity contribution in [1.82, 2.24) is 20.6 Å². The molecule has 0 saturated carbocycles. The molecule has 0 saturated heterocycles. The summed E-state index contributed by atoms with van der Waals surface area (Å²) in [6.07, 6.45) is 0. The minimum atomic E-state index is -0.520. The molecule has 9 nitrogen and oxygen atoms in total. The fourth-order valence-corrected chi connectivity index (χ4v) is 2.00. The molecule has 114 valence electrons. The van der Waals surface area contributed by atoms with Gasteiger partial charge in [0.2, 0.25) is 0 Å². The zero-order valence-corrected chi connectivity index (χ0v) is 11.6. The number of benzene rings is 2. The fourth-order valence-electron chi connectivity index (χ4n) is 2.00. The Bertz CT molecular complexity index is 845. The number of hydrogen-bond acceptors (Lipinski definition) is 6. The standard InChI is InChI=1S/C14H10N6O3/c21-14(9-5-7-10(8-6-9)20(22)23)15-12-4-2-1-3-11(12)13-16-18-19-17-13/h1-8H,(H,15,21)(H,16,17,18,19). The van der Waals surface area contributed by atoms with Gasteiger partial charge in [-0.2, -0.15) is 0 Å². The molecule has 0 unspecified atom stereocenters. The number of para-hydroxylation sites is 1. The summed E-state index contributed by atoms with van der Waals surface area (Å²) < 4.78 is 0. The molecule has 1 heterocycles. The van der Waals surface area contributed by atoms with Crippen molar-refractivity contribution in [3.8, 4) is 11.4 Å². The van der Waals surface area contributed by atoms with Crippen LogP contribution >= 0.6 is 0 Å². The number of hydrogen-bond donors (Lipinski definition) is 2. The second-order valence-corrected chi connectivity index (χ2v) is 4.55. The van der Waals surface area contributed by atoms with Gasteiger partial charge in [-0.15, -0.1) is 5.10 Å². The van der Waals surface area contributed by atoms with Gasteiger partial charge in [0.1, 0.15) is 0 Å². The van der Waals surface area contributed by atoms with Crippen molar-refractivity contribution in [3.63, 3.8) is 0 Å². The third-order valence-corrected chi connectivity index (χ3v) is 3.12. The highest BCUT2D eigenvalue weighted by atomic mass is 16.6. The van der Waals surface area contributed by atoms with E-state index in [1.165, 1.54) is 24.3 Å². The second-order valence-electron chi connectivity index (χ2n) is 4.55. The van der Waals surface area contributed by atoms with Gasteiger partial charge in [-0.3, -0.25) is 14.9 Å². The van der Waals surface area contributed by atoms with E-state index in [4.69, 9.17) is 0 Å². The van der Waals surface area contributed by atoms with Gasteiger partial charge in [0, 0.05) is 23.3 Å². The highest BCUT2D eigenvalue weighted by Gasteiger charge is 2.13. The van der Waals surface area contributed by atoms with E-state index in [-0.39, 0.29) is 11.6 Å². The van der Waals surface area contributed by atoms with Gasteiger partial charge >= 0.3 is 0 Å². The van der Waals surface area contributed by atoms with E-state index in [0.717, 1.165) is 0 Å². The van der Waals surface area contributed by atoms with Crippen LogP contribution in [0, 0.1) is 10.1 Å². The number of tetrazole rings is 1. The lowest BCUT2D eigenvalue weighted by molar-refractivity contribution is -0.384. The number of anilines is 1. The van der Waals surface area contributed by atoms with Crippen LogP contribution in [-0.2, 0) is 0 Å². The molecule has 0 atom stereocenters. The number of H-pyrrole nitrogens is 1. The zero-order chi connectivity index (χ0) is 16.2. The Morgan fingerprint density at radius 3 is 2.52 bits per heavy atom. The fraction of sp³-hybridized carbons (Fsp3) is 0. The van der Waals surface area contributed by atoms with Gasteiger partial charge in [0.05, 0.1) is 10.6 Å². The van der Waals surface area contributed by atoms with E-state index in [9.17, 15) is 14.9 Å². The van der Waals surface area contributed by atoms with Crippen molar-refractivity contribution in [2.24, 2.45) is 0 Å². The van der Waals surface area contributed by atoms with E-state index in [2.05, 4.69) is 25.9 Å². The summed E-state index contributed by atoms with van der Waals surface area (Å²) in [7, 11) is 0.